The van der Waals surface area contributed by atoms with E-state index in [1.165, 1.54) is 12.3 Å². The molecule has 0 radical (unpaired) electrons. The first-order valence-electron chi connectivity index (χ1n) is 12.6. The first kappa shape index (κ1) is 27.8. The van der Waals surface area contributed by atoms with Crippen molar-refractivity contribution in [3.63, 3.8) is 0 Å². The van der Waals surface area contributed by atoms with Crippen LogP contribution in [0.2, 0.25) is 5.02 Å². The van der Waals surface area contributed by atoms with Gasteiger partial charge in [0.05, 0.1) is 17.1 Å². The lowest BCUT2D eigenvalue weighted by atomic mass is 10.1. The molecule has 212 valence electrons. The molecule has 0 amide bonds. The van der Waals surface area contributed by atoms with Crippen LogP contribution >= 0.6 is 11.6 Å². The van der Waals surface area contributed by atoms with E-state index in [2.05, 4.69) is 14.8 Å². The van der Waals surface area contributed by atoms with Crippen LogP contribution in [0.5, 0.6) is 11.8 Å². The fourth-order valence-electron chi connectivity index (χ4n) is 4.74. The van der Waals surface area contributed by atoms with Crippen molar-refractivity contribution in [3.05, 3.63) is 81.0 Å². The summed E-state index contributed by atoms with van der Waals surface area (Å²) < 4.78 is 52.6. The van der Waals surface area contributed by atoms with E-state index in [1.807, 2.05) is 37.3 Å². The standard InChI is InChI=1S/C27H27ClF3N5O4/c1-26(17-35-16-24(36(37)38)32-25(35)40-26)18-39-21-7-5-20(6-8-21)34-13-11-33(12-14-34)10-2-3-19-4-9-23(28)22(15-19)27(29,30)31/h2-9,15-16H,10-14,17-18H2,1H3/b3-2+/t26-/m1/s1. The smallest absolute Gasteiger partial charge is 0.417 e. The highest BCUT2D eigenvalue weighted by atomic mass is 35.5. The molecule has 5 rings (SSSR count). The number of aromatic nitrogens is 2. The van der Waals surface area contributed by atoms with Crippen LogP contribution in [0.15, 0.2) is 54.7 Å². The van der Waals surface area contributed by atoms with E-state index in [0.717, 1.165) is 37.9 Å². The zero-order valence-corrected chi connectivity index (χ0v) is 22.4. The van der Waals surface area contributed by atoms with Crippen molar-refractivity contribution in [1.82, 2.24) is 14.5 Å². The van der Waals surface area contributed by atoms with Crippen LogP contribution in [0.1, 0.15) is 18.1 Å². The van der Waals surface area contributed by atoms with E-state index in [9.17, 15) is 23.3 Å². The predicted octanol–water partition coefficient (Wildman–Crippen LogP) is 5.53. The highest BCUT2D eigenvalue weighted by Gasteiger charge is 2.41. The summed E-state index contributed by atoms with van der Waals surface area (Å²) in [5.41, 5.74) is 0.0124. The number of nitrogens with zero attached hydrogens (tertiary/aromatic N) is 5. The van der Waals surface area contributed by atoms with Crippen molar-refractivity contribution >= 4 is 29.2 Å². The fourth-order valence-corrected chi connectivity index (χ4v) is 4.96. The van der Waals surface area contributed by atoms with E-state index in [0.29, 0.717) is 24.4 Å². The van der Waals surface area contributed by atoms with Crippen molar-refractivity contribution in [2.75, 3.05) is 44.2 Å². The van der Waals surface area contributed by atoms with Crippen LogP contribution in [0.3, 0.4) is 0 Å². The normalized spacial score (nSPS) is 19.6. The third-order valence-corrected chi connectivity index (χ3v) is 7.17. The average Bonchev–Trinajstić information content (AvgIpc) is 3.44. The van der Waals surface area contributed by atoms with Gasteiger partial charge in [0.25, 0.3) is 0 Å². The fraction of sp³-hybridized carbons (Fsp3) is 0.370. The van der Waals surface area contributed by atoms with Gasteiger partial charge in [0.1, 0.15) is 18.6 Å². The lowest BCUT2D eigenvalue weighted by Crippen LogP contribution is -2.46. The number of fused-ring (bicyclic) bond motifs is 1. The van der Waals surface area contributed by atoms with Gasteiger partial charge < -0.3 is 24.5 Å². The minimum Gasteiger partial charge on any atom is -0.489 e. The topological polar surface area (TPSA) is 85.9 Å². The predicted molar refractivity (Wildman–Crippen MR) is 144 cm³/mol. The Labute approximate surface area is 233 Å². The quantitative estimate of drug-likeness (QED) is 0.257. The third kappa shape index (κ3) is 6.34. The Morgan fingerprint density at radius 3 is 2.55 bits per heavy atom. The van der Waals surface area contributed by atoms with Gasteiger partial charge in [-0.1, -0.05) is 29.8 Å². The first-order valence-corrected chi connectivity index (χ1v) is 13.0. The molecule has 2 aliphatic heterocycles. The van der Waals surface area contributed by atoms with E-state index in [4.69, 9.17) is 21.1 Å². The molecule has 0 spiro atoms. The van der Waals surface area contributed by atoms with Gasteiger partial charge in [-0.05, 0) is 53.8 Å². The Kier molecular flexibility index (Phi) is 7.65. The molecule has 1 aromatic heterocycles. The van der Waals surface area contributed by atoms with Gasteiger partial charge in [-0.2, -0.15) is 13.2 Å². The number of benzene rings is 2. The number of rotatable bonds is 8. The number of ether oxygens (including phenoxy) is 2. The van der Waals surface area contributed by atoms with Gasteiger partial charge >= 0.3 is 18.0 Å². The molecule has 2 aliphatic rings. The zero-order valence-electron chi connectivity index (χ0n) is 21.6. The summed E-state index contributed by atoms with van der Waals surface area (Å²) in [7, 11) is 0. The zero-order chi connectivity index (χ0) is 28.5. The summed E-state index contributed by atoms with van der Waals surface area (Å²) in [6.45, 7) is 6.43. The molecule has 2 aromatic carbocycles. The number of anilines is 1. The SMILES string of the molecule is C[C@]1(COc2ccc(N3CCN(C/C=C/c4ccc(Cl)c(C(F)(F)F)c4)CC3)cc2)Cn2cc([N+](=O)[O-])nc2O1. The Morgan fingerprint density at radius 2 is 1.90 bits per heavy atom. The van der Waals surface area contributed by atoms with Gasteiger partial charge in [-0.15, -0.1) is 0 Å². The molecule has 0 unspecified atom stereocenters. The van der Waals surface area contributed by atoms with Crippen molar-refractivity contribution in [2.45, 2.75) is 25.2 Å². The molecule has 40 heavy (non-hydrogen) atoms. The van der Waals surface area contributed by atoms with Gasteiger partial charge in [0.15, 0.2) is 5.60 Å². The summed E-state index contributed by atoms with van der Waals surface area (Å²) in [4.78, 5) is 18.7. The summed E-state index contributed by atoms with van der Waals surface area (Å²) in [5.74, 6) is 0.440. The molecular weight excluding hydrogens is 551 g/mol. The lowest BCUT2D eigenvalue weighted by Gasteiger charge is -2.35. The number of nitro groups is 1. The second kappa shape index (κ2) is 11.0. The molecule has 3 aromatic rings. The number of imidazole rings is 1. The first-order chi connectivity index (χ1) is 19.0. The van der Waals surface area contributed by atoms with Gasteiger partial charge in [-0.25, -0.2) is 0 Å². The van der Waals surface area contributed by atoms with E-state index < -0.39 is 22.3 Å². The largest absolute Gasteiger partial charge is 0.489 e. The summed E-state index contributed by atoms with van der Waals surface area (Å²) in [6, 6.07) is 11.9. The monoisotopic (exact) mass is 577 g/mol. The molecular formula is C27H27ClF3N5O4. The van der Waals surface area contributed by atoms with Crippen LogP contribution in [-0.2, 0) is 12.7 Å². The molecule has 1 fully saturated rings. The number of piperazine rings is 1. The third-order valence-electron chi connectivity index (χ3n) is 6.84. The van der Waals surface area contributed by atoms with Gasteiger partial charge in [-0.3, -0.25) is 9.47 Å². The van der Waals surface area contributed by atoms with E-state index >= 15 is 0 Å². The van der Waals surface area contributed by atoms with Crippen molar-refractivity contribution < 1.29 is 27.6 Å². The van der Waals surface area contributed by atoms with Crippen LogP contribution in [-0.4, -0.2) is 64.3 Å². The number of halogens is 4. The molecule has 3 heterocycles. The Bertz CT molecular complexity index is 1380. The molecule has 9 nitrogen and oxygen atoms in total. The Balaban J connectivity index is 1.07. The van der Waals surface area contributed by atoms with Crippen molar-refractivity contribution in [3.8, 4) is 11.8 Å². The lowest BCUT2D eigenvalue weighted by molar-refractivity contribution is -0.389. The van der Waals surface area contributed by atoms with Crippen molar-refractivity contribution in [1.29, 1.82) is 0 Å². The molecule has 0 aliphatic carbocycles. The van der Waals surface area contributed by atoms with Crippen LogP contribution in [0.4, 0.5) is 24.7 Å². The summed E-state index contributed by atoms with van der Waals surface area (Å²) in [5, 5.41) is 10.6. The van der Waals surface area contributed by atoms with E-state index in [-0.39, 0.29) is 23.5 Å². The number of alkyl halides is 3. The average molecular weight is 578 g/mol. The van der Waals surface area contributed by atoms with Crippen molar-refractivity contribution in [2.24, 2.45) is 0 Å². The second-order valence-corrected chi connectivity index (χ2v) is 10.4. The maximum Gasteiger partial charge on any atom is 0.417 e. The van der Waals surface area contributed by atoms with Crippen LogP contribution < -0.4 is 14.4 Å². The van der Waals surface area contributed by atoms with E-state index in [1.54, 1.807) is 16.7 Å². The maximum absolute atomic E-state index is 13.1. The molecule has 0 saturated carbocycles. The molecule has 13 heteroatoms. The van der Waals surface area contributed by atoms with Gasteiger partial charge in [0, 0.05) is 43.4 Å². The second-order valence-electron chi connectivity index (χ2n) is 10.0. The highest BCUT2D eigenvalue weighted by Crippen LogP contribution is 2.35. The molecule has 1 saturated heterocycles. The maximum atomic E-state index is 13.1. The van der Waals surface area contributed by atoms with Crippen LogP contribution in [0, 0.1) is 10.1 Å². The van der Waals surface area contributed by atoms with Crippen LogP contribution in [0.25, 0.3) is 6.08 Å². The highest BCUT2D eigenvalue weighted by molar-refractivity contribution is 6.31. The van der Waals surface area contributed by atoms with Gasteiger partial charge in [0.2, 0.25) is 0 Å². The Hall–Kier alpha value is -3.77. The molecule has 1 atom stereocenters. The minimum absolute atomic E-state index is 0.211. The summed E-state index contributed by atoms with van der Waals surface area (Å²) in [6.07, 6.45) is 0.430. The molecule has 0 N–H and O–H groups in total. The summed E-state index contributed by atoms with van der Waals surface area (Å²) >= 11 is 5.69. The number of hydrogen-bond donors (Lipinski definition) is 0. The Morgan fingerprint density at radius 1 is 1.18 bits per heavy atom. The molecule has 0 bridgehead atoms. The minimum atomic E-state index is -4.48. The number of hydrogen-bond acceptors (Lipinski definition) is 7.